The molecule has 0 saturated carbocycles. The molecule has 1 N–H and O–H groups in total. The minimum atomic E-state index is -0.121. The van der Waals surface area contributed by atoms with Crippen molar-refractivity contribution in [1.29, 1.82) is 0 Å². The zero-order valence-corrected chi connectivity index (χ0v) is 16.1. The normalized spacial score (nSPS) is 13.8. The molecule has 9 heteroatoms. The number of H-pyrrole nitrogens is 1. The summed E-state index contributed by atoms with van der Waals surface area (Å²) in [5.41, 5.74) is 2.56. The lowest BCUT2D eigenvalue weighted by Crippen LogP contribution is -2.48. The third-order valence-electron chi connectivity index (χ3n) is 5.04. The van der Waals surface area contributed by atoms with Crippen LogP contribution in [-0.4, -0.2) is 56.3 Å². The molecule has 1 saturated heterocycles. The van der Waals surface area contributed by atoms with Crippen LogP contribution in [-0.2, 0) is 0 Å². The number of ether oxygens (including phenoxy) is 1. The maximum absolute atomic E-state index is 12.8. The lowest BCUT2D eigenvalue weighted by atomic mass is 9.99. The van der Waals surface area contributed by atoms with Gasteiger partial charge in [-0.1, -0.05) is 23.4 Å². The molecule has 4 aromatic rings. The van der Waals surface area contributed by atoms with Gasteiger partial charge in [0, 0.05) is 24.8 Å². The Morgan fingerprint density at radius 2 is 2.00 bits per heavy atom. The number of aromatic nitrogens is 5. The number of hydrogen-bond acceptors (Lipinski definition) is 7. The molecule has 5 rings (SSSR count). The van der Waals surface area contributed by atoms with E-state index in [9.17, 15) is 4.79 Å². The second kappa shape index (κ2) is 7.43. The summed E-state index contributed by atoms with van der Waals surface area (Å²) < 4.78 is 10.7. The van der Waals surface area contributed by atoms with Gasteiger partial charge in [0.2, 0.25) is 11.7 Å². The number of para-hydroxylation sites is 1. The van der Waals surface area contributed by atoms with Crippen molar-refractivity contribution in [3.63, 3.8) is 0 Å². The van der Waals surface area contributed by atoms with Crippen molar-refractivity contribution < 1.29 is 14.1 Å². The SMILES string of the molecule is COc1ccccc1-c1cc(C(=O)N2CC(c3nc(-c4ccccn4)no3)C2)[nH]n1. The van der Waals surface area contributed by atoms with Crippen LogP contribution in [0.4, 0.5) is 0 Å². The Hall–Kier alpha value is -4.01. The summed E-state index contributed by atoms with van der Waals surface area (Å²) in [6.45, 7) is 1.01. The van der Waals surface area contributed by atoms with Gasteiger partial charge in [0.15, 0.2) is 0 Å². The first-order chi connectivity index (χ1) is 14.7. The molecule has 1 aliphatic rings. The van der Waals surface area contributed by atoms with Crippen molar-refractivity contribution in [2.45, 2.75) is 5.92 Å². The highest BCUT2D eigenvalue weighted by molar-refractivity contribution is 5.94. The van der Waals surface area contributed by atoms with E-state index in [2.05, 4.69) is 25.3 Å². The van der Waals surface area contributed by atoms with Gasteiger partial charge < -0.3 is 14.2 Å². The molecular weight excluding hydrogens is 384 g/mol. The minimum absolute atomic E-state index is 0.00974. The maximum atomic E-state index is 12.8. The number of likely N-dealkylation sites (tertiary alicyclic amines) is 1. The van der Waals surface area contributed by atoms with E-state index in [1.54, 1.807) is 24.3 Å². The largest absolute Gasteiger partial charge is 0.496 e. The summed E-state index contributed by atoms with van der Waals surface area (Å²) in [5, 5.41) is 11.1. The van der Waals surface area contributed by atoms with Crippen LogP contribution in [0.2, 0.25) is 0 Å². The molecule has 1 fully saturated rings. The lowest BCUT2D eigenvalue weighted by Gasteiger charge is -2.36. The van der Waals surface area contributed by atoms with E-state index in [0.717, 1.165) is 5.56 Å². The number of carbonyl (C=O) groups excluding carboxylic acids is 1. The Balaban J connectivity index is 1.26. The average molecular weight is 402 g/mol. The highest BCUT2D eigenvalue weighted by atomic mass is 16.5. The Morgan fingerprint density at radius 3 is 2.80 bits per heavy atom. The molecule has 1 aromatic carbocycles. The van der Waals surface area contributed by atoms with Crippen LogP contribution < -0.4 is 4.74 Å². The number of benzene rings is 1. The zero-order valence-electron chi connectivity index (χ0n) is 16.1. The Morgan fingerprint density at radius 1 is 1.17 bits per heavy atom. The maximum Gasteiger partial charge on any atom is 0.271 e. The fourth-order valence-electron chi connectivity index (χ4n) is 3.40. The van der Waals surface area contributed by atoms with Crippen LogP contribution in [0.15, 0.2) is 59.3 Å². The van der Waals surface area contributed by atoms with Crippen molar-refractivity contribution in [2.75, 3.05) is 20.2 Å². The van der Waals surface area contributed by atoms with Crippen LogP contribution in [0.3, 0.4) is 0 Å². The van der Waals surface area contributed by atoms with Crippen LogP contribution in [0.5, 0.6) is 5.75 Å². The Kier molecular flexibility index (Phi) is 4.47. The molecule has 4 heterocycles. The quantitative estimate of drug-likeness (QED) is 0.546. The van der Waals surface area contributed by atoms with Gasteiger partial charge in [0.05, 0.1) is 18.7 Å². The van der Waals surface area contributed by atoms with E-state index in [-0.39, 0.29) is 11.8 Å². The van der Waals surface area contributed by atoms with Gasteiger partial charge in [-0.25, -0.2) is 0 Å². The van der Waals surface area contributed by atoms with Crippen molar-refractivity contribution in [3.8, 4) is 28.5 Å². The molecule has 9 nitrogen and oxygen atoms in total. The van der Waals surface area contributed by atoms with Gasteiger partial charge in [0.25, 0.3) is 5.91 Å². The van der Waals surface area contributed by atoms with Gasteiger partial charge in [-0.15, -0.1) is 0 Å². The molecule has 1 aliphatic heterocycles. The van der Waals surface area contributed by atoms with Gasteiger partial charge in [0.1, 0.15) is 17.1 Å². The Labute approximate surface area is 171 Å². The van der Waals surface area contributed by atoms with Gasteiger partial charge in [-0.05, 0) is 30.3 Å². The summed E-state index contributed by atoms with van der Waals surface area (Å²) in [5.74, 6) is 1.55. The smallest absolute Gasteiger partial charge is 0.271 e. The second-order valence-electron chi connectivity index (χ2n) is 6.95. The zero-order chi connectivity index (χ0) is 20.5. The molecule has 3 aromatic heterocycles. The van der Waals surface area contributed by atoms with Gasteiger partial charge >= 0.3 is 0 Å². The first-order valence-corrected chi connectivity index (χ1v) is 9.46. The summed E-state index contributed by atoms with van der Waals surface area (Å²) in [7, 11) is 1.61. The molecular formula is C21H18N6O3. The van der Waals surface area contributed by atoms with Gasteiger partial charge in [-0.2, -0.15) is 10.1 Å². The molecule has 0 radical (unpaired) electrons. The van der Waals surface area contributed by atoms with E-state index in [1.165, 1.54) is 0 Å². The topological polar surface area (TPSA) is 110 Å². The predicted octanol–water partition coefficient (Wildman–Crippen LogP) is 2.77. The number of carbonyl (C=O) groups is 1. The molecule has 0 spiro atoms. The van der Waals surface area contributed by atoms with Crippen molar-refractivity contribution in [3.05, 3.63) is 66.3 Å². The summed E-state index contributed by atoms with van der Waals surface area (Å²) in [6, 6.07) is 14.8. The third kappa shape index (κ3) is 3.20. The number of methoxy groups -OCH3 is 1. The number of nitrogens with zero attached hydrogens (tertiary/aromatic N) is 5. The standard InChI is InChI=1S/C21H18N6O3/c1-29-18-8-3-2-6-14(18)16-10-17(25-24-16)21(28)27-11-13(12-27)20-23-19(26-30-20)15-7-4-5-9-22-15/h2-10,13H,11-12H2,1H3,(H,24,25). The molecule has 1 amide bonds. The molecule has 0 unspecified atom stereocenters. The second-order valence-corrected chi connectivity index (χ2v) is 6.95. The summed E-state index contributed by atoms with van der Waals surface area (Å²) in [6.07, 6.45) is 1.68. The molecule has 30 heavy (non-hydrogen) atoms. The van der Waals surface area contributed by atoms with Crippen LogP contribution in [0, 0.1) is 0 Å². The van der Waals surface area contributed by atoms with Crippen molar-refractivity contribution >= 4 is 5.91 Å². The molecule has 0 atom stereocenters. The molecule has 0 aliphatic carbocycles. The first kappa shape index (κ1) is 18.0. The highest BCUT2D eigenvalue weighted by Gasteiger charge is 2.36. The van der Waals surface area contributed by atoms with Crippen LogP contribution >= 0.6 is 0 Å². The number of pyridine rings is 1. The first-order valence-electron chi connectivity index (χ1n) is 9.46. The number of hydrogen-bond donors (Lipinski definition) is 1. The summed E-state index contributed by atoms with van der Waals surface area (Å²) >= 11 is 0. The minimum Gasteiger partial charge on any atom is -0.496 e. The van der Waals surface area contributed by atoms with Crippen LogP contribution in [0.1, 0.15) is 22.3 Å². The van der Waals surface area contributed by atoms with Crippen molar-refractivity contribution in [2.24, 2.45) is 0 Å². The van der Waals surface area contributed by atoms with Gasteiger partial charge in [-0.3, -0.25) is 14.9 Å². The lowest BCUT2D eigenvalue weighted by molar-refractivity contribution is 0.0563. The monoisotopic (exact) mass is 402 g/mol. The molecule has 0 bridgehead atoms. The number of rotatable bonds is 5. The molecule has 150 valence electrons. The number of nitrogens with one attached hydrogen (secondary N) is 1. The van der Waals surface area contributed by atoms with E-state index < -0.39 is 0 Å². The van der Waals surface area contributed by atoms with Crippen LogP contribution in [0.25, 0.3) is 22.8 Å². The average Bonchev–Trinajstić information content (AvgIpc) is 3.43. The fraction of sp³-hybridized carbons (Fsp3) is 0.190. The van der Waals surface area contributed by atoms with Crippen molar-refractivity contribution in [1.82, 2.24) is 30.2 Å². The predicted molar refractivity (Wildman–Crippen MR) is 107 cm³/mol. The number of amides is 1. The van der Waals surface area contributed by atoms with E-state index in [0.29, 0.717) is 47.6 Å². The fourth-order valence-corrected chi connectivity index (χ4v) is 3.40. The third-order valence-corrected chi connectivity index (χ3v) is 5.04. The van der Waals surface area contributed by atoms with E-state index in [4.69, 9.17) is 9.26 Å². The summed E-state index contributed by atoms with van der Waals surface area (Å²) in [4.78, 5) is 23.1. The highest BCUT2D eigenvalue weighted by Crippen LogP contribution is 2.31. The number of aromatic amines is 1. The Bertz CT molecular complexity index is 1180. The van der Waals surface area contributed by atoms with E-state index in [1.807, 2.05) is 42.5 Å². The van der Waals surface area contributed by atoms with E-state index >= 15 is 0 Å².